The number of hydrogen-bond donors (Lipinski definition) is 3. The van der Waals surface area contributed by atoms with E-state index in [9.17, 15) is 23.8 Å². The van der Waals surface area contributed by atoms with Gasteiger partial charge in [-0.25, -0.2) is 4.57 Å². The van der Waals surface area contributed by atoms with Crippen molar-refractivity contribution >= 4 is 25.7 Å². The Bertz CT molecular complexity index is 1190. The van der Waals surface area contributed by atoms with Crippen molar-refractivity contribution in [3.8, 4) is 0 Å². The lowest BCUT2D eigenvalue weighted by atomic mass is 10.0. The van der Waals surface area contributed by atoms with E-state index in [2.05, 4.69) is 30.5 Å². The van der Waals surface area contributed by atoms with Crippen LogP contribution in [0.2, 0.25) is 0 Å². The third-order valence-corrected chi connectivity index (χ3v) is 10.9. The first-order chi connectivity index (χ1) is 28.6. The molecule has 59 heavy (non-hydrogen) atoms. The van der Waals surface area contributed by atoms with Gasteiger partial charge in [-0.3, -0.25) is 23.4 Å². The number of unbranched alkanes of at least 4 members (excludes halogenated alkanes) is 24. The van der Waals surface area contributed by atoms with Crippen molar-refractivity contribution < 1.29 is 47.5 Å². The summed E-state index contributed by atoms with van der Waals surface area (Å²) in [5.74, 6) is -2.40. The highest BCUT2D eigenvalue weighted by Crippen LogP contribution is 2.43. The fraction of sp³-hybridized carbons (Fsp3) is 0.766. The first-order valence-electron chi connectivity index (χ1n) is 23.2. The van der Waals surface area contributed by atoms with Gasteiger partial charge in [0, 0.05) is 12.8 Å². The number of carbonyl (C=O) groups is 3. The van der Waals surface area contributed by atoms with Gasteiger partial charge in [0.2, 0.25) is 0 Å². The summed E-state index contributed by atoms with van der Waals surface area (Å²) in [5, 5.41) is 8.90. The highest BCUT2D eigenvalue weighted by molar-refractivity contribution is 7.47. The van der Waals surface area contributed by atoms with Gasteiger partial charge in [-0.05, 0) is 32.1 Å². The Labute approximate surface area is 358 Å². The van der Waals surface area contributed by atoms with E-state index in [-0.39, 0.29) is 19.4 Å². The predicted molar refractivity (Wildman–Crippen MR) is 240 cm³/mol. The average molecular weight is 854 g/mol. The normalized spacial score (nSPS) is 14.1. The van der Waals surface area contributed by atoms with E-state index < -0.39 is 51.1 Å². The Kier molecular flexibility index (Phi) is 40.3. The van der Waals surface area contributed by atoms with Gasteiger partial charge in [0.1, 0.15) is 12.6 Å². The maximum Gasteiger partial charge on any atom is 0.472 e. The van der Waals surface area contributed by atoms with Crippen LogP contribution in [0.5, 0.6) is 0 Å². The molecule has 0 aliphatic heterocycles. The van der Waals surface area contributed by atoms with Gasteiger partial charge >= 0.3 is 25.7 Å². The van der Waals surface area contributed by atoms with E-state index in [0.29, 0.717) is 12.8 Å². The summed E-state index contributed by atoms with van der Waals surface area (Å²) in [5.41, 5.74) is 5.34. The van der Waals surface area contributed by atoms with Crippen LogP contribution in [0.1, 0.15) is 200 Å². The molecule has 12 heteroatoms. The van der Waals surface area contributed by atoms with Crippen LogP contribution < -0.4 is 5.73 Å². The lowest BCUT2D eigenvalue weighted by Crippen LogP contribution is -2.34. The van der Waals surface area contributed by atoms with Gasteiger partial charge in [0.25, 0.3) is 0 Å². The fourth-order valence-corrected chi connectivity index (χ4v) is 7.09. The lowest BCUT2D eigenvalue weighted by molar-refractivity contribution is -0.161. The number of ether oxygens (including phenoxy) is 2. The van der Waals surface area contributed by atoms with Gasteiger partial charge in [-0.15, -0.1) is 0 Å². The Morgan fingerprint density at radius 3 is 1.42 bits per heavy atom. The van der Waals surface area contributed by atoms with Gasteiger partial charge in [-0.1, -0.05) is 204 Å². The molecule has 0 fully saturated rings. The van der Waals surface area contributed by atoms with E-state index in [4.69, 9.17) is 24.8 Å². The monoisotopic (exact) mass is 854 g/mol. The van der Waals surface area contributed by atoms with Crippen LogP contribution in [0.3, 0.4) is 0 Å². The second-order valence-electron chi connectivity index (χ2n) is 15.6. The molecule has 342 valence electrons. The third kappa shape index (κ3) is 41.9. The van der Waals surface area contributed by atoms with Crippen LogP contribution in [-0.4, -0.2) is 59.9 Å². The summed E-state index contributed by atoms with van der Waals surface area (Å²) < 4.78 is 32.7. The van der Waals surface area contributed by atoms with Gasteiger partial charge in [0.15, 0.2) is 6.10 Å². The number of carboxylic acids is 1. The number of aliphatic carboxylic acids is 1. The minimum atomic E-state index is -4.72. The Morgan fingerprint density at radius 2 is 0.949 bits per heavy atom. The highest BCUT2D eigenvalue weighted by Gasteiger charge is 2.28. The Hall–Kier alpha value is -2.56. The van der Waals surface area contributed by atoms with E-state index in [0.717, 1.165) is 57.8 Å². The summed E-state index contributed by atoms with van der Waals surface area (Å²) in [7, 11) is -4.72. The van der Waals surface area contributed by atoms with Crippen molar-refractivity contribution in [1.29, 1.82) is 0 Å². The van der Waals surface area contributed by atoms with E-state index in [1.54, 1.807) is 0 Å². The van der Waals surface area contributed by atoms with Crippen LogP contribution in [-0.2, 0) is 37.5 Å². The molecule has 0 amide bonds. The van der Waals surface area contributed by atoms with Crippen LogP contribution in [0, 0.1) is 0 Å². The maximum absolute atomic E-state index is 12.7. The summed E-state index contributed by atoms with van der Waals surface area (Å²) >= 11 is 0. The molecule has 0 aromatic heterocycles. The molecule has 0 heterocycles. The molecule has 0 aromatic carbocycles. The zero-order chi connectivity index (χ0) is 43.5. The molecule has 3 atom stereocenters. The molecule has 0 spiro atoms. The van der Waals surface area contributed by atoms with Gasteiger partial charge < -0.3 is 25.2 Å². The Morgan fingerprint density at radius 1 is 0.542 bits per heavy atom. The summed E-state index contributed by atoms with van der Waals surface area (Å²) in [6.45, 7) is 2.66. The summed E-state index contributed by atoms with van der Waals surface area (Å²) in [6.07, 6.45) is 47.5. The van der Waals surface area contributed by atoms with E-state index in [1.165, 1.54) is 103 Å². The molecule has 0 saturated heterocycles. The van der Waals surface area contributed by atoms with Crippen LogP contribution in [0.4, 0.5) is 0 Å². The first-order valence-corrected chi connectivity index (χ1v) is 24.7. The number of phosphoric ester groups is 1. The molecule has 4 N–H and O–H groups in total. The molecule has 0 aliphatic rings. The van der Waals surface area contributed by atoms with Crippen molar-refractivity contribution in [1.82, 2.24) is 0 Å². The van der Waals surface area contributed by atoms with Gasteiger partial charge in [-0.2, -0.15) is 0 Å². The fourth-order valence-electron chi connectivity index (χ4n) is 6.31. The second-order valence-corrected chi connectivity index (χ2v) is 17.1. The minimum Gasteiger partial charge on any atom is -0.480 e. The van der Waals surface area contributed by atoms with Crippen molar-refractivity contribution in [2.45, 2.75) is 212 Å². The minimum absolute atomic E-state index is 0.158. The first kappa shape index (κ1) is 56.4. The largest absolute Gasteiger partial charge is 0.480 e. The van der Waals surface area contributed by atoms with E-state index >= 15 is 0 Å². The number of allylic oxidation sites excluding steroid dienone is 8. The summed E-state index contributed by atoms with van der Waals surface area (Å²) in [4.78, 5) is 46.0. The molecular weight excluding hydrogens is 769 g/mol. The number of phosphoric acid groups is 1. The van der Waals surface area contributed by atoms with Crippen molar-refractivity contribution in [3.63, 3.8) is 0 Å². The number of hydrogen-bond acceptors (Lipinski definition) is 9. The van der Waals surface area contributed by atoms with Crippen LogP contribution in [0.25, 0.3) is 0 Å². The topological polar surface area (TPSA) is 172 Å². The number of rotatable bonds is 43. The molecule has 0 aliphatic carbocycles. The Balaban J connectivity index is 4.31. The number of carbonyl (C=O) groups excluding carboxylic acids is 2. The molecule has 0 rings (SSSR count). The lowest BCUT2D eigenvalue weighted by Gasteiger charge is -2.20. The number of carboxylic acid groups (broad SMARTS) is 1. The third-order valence-electron chi connectivity index (χ3n) is 9.94. The van der Waals surface area contributed by atoms with Crippen LogP contribution in [0.15, 0.2) is 48.6 Å². The highest BCUT2D eigenvalue weighted by atomic mass is 31.2. The van der Waals surface area contributed by atoms with E-state index in [1.807, 2.05) is 36.5 Å². The molecule has 0 aromatic rings. The molecule has 0 saturated carbocycles. The summed E-state index contributed by atoms with van der Waals surface area (Å²) in [6, 6.07) is -1.53. The zero-order valence-electron chi connectivity index (χ0n) is 37.1. The molecule has 0 bridgehead atoms. The SMILES string of the molecule is CC/C=C/C=C/C=C/C=C/CCCCCCCC(=O)OC[C@H](COP(=O)(O)OC[C@H](N)C(=O)O)OC(=O)CCCCCCCCCCCCCCCCCCCCCC. The zero-order valence-corrected chi connectivity index (χ0v) is 38.0. The molecule has 1 unspecified atom stereocenters. The molecular formula is C47H84NO10P. The molecule has 11 nitrogen and oxygen atoms in total. The quantitative estimate of drug-likeness (QED) is 0.0231. The van der Waals surface area contributed by atoms with Crippen LogP contribution >= 0.6 is 7.82 Å². The second kappa shape index (κ2) is 42.1. The van der Waals surface area contributed by atoms with Crippen molar-refractivity contribution in [3.05, 3.63) is 48.6 Å². The smallest absolute Gasteiger partial charge is 0.472 e. The molecule has 0 radical (unpaired) electrons. The number of nitrogens with two attached hydrogens (primary N) is 1. The van der Waals surface area contributed by atoms with Gasteiger partial charge in [0.05, 0.1) is 13.2 Å². The standard InChI is InChI=1S/C47H84NO10P/c1-3-5-7-9-11-13-15-17-19-20-21-22-23-25-27-29-31-33-35-37-39-46(50)58-43(41-56-59(53,54)57-42-44(48)47(51)52)40-55-45(49)38-36-34-32-30-28-26-24-18-16-14-12-10-8-6-4-2/h6,8,10,12,14,16,18,24,43-44H,3-5,7,9,11,13,15,17,19-23,25-42,48H2,1-2H3,(H,51,52)(H,53,54)/b8-6+,12-10+,16-14+,24-18+/t43-,44+/m1/s1. The van der Waals surface area contributed by atoms with Crippen molar-refractivity contribution in [2.75, 3.05) is 19.8 Å². The predicted octanol–water partition coefficient (Wildman–Crippen LogP) is 12.6. The van der Waals surface area contributed by atoms with Crippen molar-refractivity contribution in [2.24, 2.45) is 5.73 Å². The average Bonchev–Trinajstić information content (AvgIpc) is 3.21. The maximum atomic E-state index is 12.7. The number of esters is 2.